The lowest BCUT2D eigenvalue weighted by Crippen LogP contribution is -2.20. The molecule has 1 aromatic carbocycles. The predicted molar refractivity (Wildman–Crippen MR) is 79.4 cm³/mol. The maximum atomic E-state index is 11.8. The molecular formula is C13H15Br2NO2. The first-order chi connectivity index (χ1) is 8.56. The first-order valence-electron chi connectivity index (χ1n) is 5.88. The van der Waals surface area contributed by atoms with Gasteiger partial charge in [0.1, 0.15) is 0 Å². The number of aryl methyl sites for hydroxylation is 1. The van der Waals surface area contributed by atoms with E-state index in [1.54, 1.807) is 0 Å². The Hall–Kier alpha value is -0.550. The molecule has 0 radical (unpaired) electrons. The van der Waals surface area contributed by atoms with Gasteiger partial charge >= 0.3 is 5.97 Å². The van der Waals surface area contributed by atoms with Crippen LogP contribution in [0, 0.1) is 6.92 Å². The summed E-state index contributed by atoms with van der Waals surface area (Å²) in [6, 6.07) is 1.98. The van der Waals surface area contributed by atoms with Gasteiger partial charge in [0.15, 0.2) is 0 Å². The Balaban J connectivity index is 2.55. The van der Waals surface area contributed by atoms with Gasteiger partial charge in [0.25, 0.3) is 0 Å². The van der Waals surface area contributed by atoms with Crippen LogP contribution in [0.3, 0.4) is 0 Å². The molecule has 0 atom stereocenters. The minimum atomic E-state index is -0.325. The second-order valence-electron chi connectivity index (χ2n) is 4.40. The van der Waals surface area contributed by atoms with Crippen LogP contribution in [-0.4, -0.2) is 26.2 Å². The normalized spacial score (nSPS) is 15.0. The van der Waals surface area contributed by atoms with Crippen molar-refractivity contribution < 1.29 is 9.53 Å². The van der Waals surface area contributed by atoms with E-state index in [0.717, 1.165) is 33.3 Å². The van der Waals surface area contributed by atoms with Crippen LogP contribution in [0.5, 0.6) is 0 Å². The zero-order valence-corrected chi connectivity index (χ0v) is 13.6. The fraction of sp³-hybridized carbons (Fsp3) is 0.462. The highest BCUT2D eigenvalue weighted by Gasteiger charge is 2.24. The van der Waals surface area contributed by atoms with Crippen LogP contribution < -0.4 is 4.90 Å². The van der Waals surface area contributed by atoms with Gasteiger partial charge in [-0.15, -0.1) is 0 Å². The summed E-state index contributed by atoms with van der Waals surface area (Å²) in [6.07, 6.45) is 2.41. The molecule has 3 nitrogen and oxygen atoms in total. The number of benzene rings is 1. The molecule has 1 aliphatic heterocycles. The van der Waals surface area contributed by atoms with E-state index in [2.05, 4.69) is 43.7 Å². The van der Waals surface area contributed by atoms with Crippen molar-refractivity contribution in [2.75, 3.05) is 25.1 Å². The Bertz CT molecular complexity index is 482. The lowest BCUT2D eigenvalue weighted by atomic mass is 10.1. The van der Waals surface area contributed by atoms with E-state index >= 15 is 0 Å². The van der Waals surface area contributed by atoms with Gasteiger partial charge in [0.2, 0.25) is 0 Å². The number of hydrogen-bond donors (Lipinski definition) is 0. The third kappa shape index (κ3) is 2.43. The molecule has 1 aromatic rings. The summed E-state index contributed by atoms with van der Waals surface area (Å²) >= 11 is 6.99. The third-order valence-corrected chi connectivity index (χ3v) is 4.59. The second-order valence-corrected chi connectivity index (χ2v) is 6.05. The maximum Gasteiger partial charge on any atom is 0.340 e. The van der Waals surface area contributed by atoms with E-state index < -0.39 is 0 Å². The van der Waals surface area contributed by atoms with E-state index in [4.69, 9.17) is 4.74 Å². The van der Waals surface area contributed by atoms with Crippen LogP contribution in [0.2, 0.25) is 0 Å². The van der Waals surface area contributed by atoms with Crippen molar-refractivity contribution in [2.24, 2.45) is 0 Å². The summed E-state index contributed by atoms with van der Waals surface area (Å²) in [4.78, 5) is 14.2. The molecule has 0 aliphatic carbocycles. The number of halogens is 2. The first-order valence-corrected chi connectivity index (χ1v) is 7.46. The molecule has 1 saturated heterocycles. The summed E-state index contributed by atoms with van der Waals surface area (Å²) in [5.74, 6) is -0.325. The lowest BCUT2D eigenvalue weighted by molar-refractivity contribution is 0.0598. The van der Waals surface area contributed by atoms with Gasteiger partial charge in [-0.05, 0) is 63.3 Å². The number of methoxy groups -OCH3 is 1. The van der Waals surface area contributed by atoms with Gasteiger partial charge in [0.05, 0.1) is 22.8 Å². The van der Waals surface area contributed by atoms with Crippen molar-refractivity contribution in [1.29, 1.82) is 0 Å². The lowest BCUT2D eigenvalue weighted by Gasteiger charge is -2.23. The van der Waals surface area contributed by atoms with Crippen LogP contribution in [-0.2, 0) is 4.74 Å². The summed E-state index contributed by atoms with van der Waals surface area (Å²) in [5, 5.41) is 0. The molecular weight excluding hydrogens is 362 g/mol. The van der Waals surface area contributed by atoms with Crippen molar-refractivity contribution in [3.63, 3.8) is 0 Å². The van der Waals surface area contributed by atoms with Crippen LogP contribution in [0.1, 0.15) is 28.8 Å². The van der Waals surface area contributed by atoms with E-state index in [1.165, 1.54) is 20.0 Å². The Kier molecular flexibility index (Phi) is 4.33. The first kappa shape index (κ1) is 13.9. The Morgan fingerprint density at radius 3 is 2.50 bits per heavy atom. The van der Waals surface area contributed by atoms with E-state index in [9.17, 15) is 4.79 Å². The van der Waals surface area contributed by atoms with Crippen molar-refractivity contribution >= 4 is 43.5 Å². The topological polar surface area (TPSA) is 29.5 Å². The Morgan fingerprint density at radius 2 is 1.94 bits per heavy atom. The van der Waals surface area contributed by atoms with Crippen LogP contribution in [0.4, 0.5) is 5.69 Å². The van der Waals surface area contributed by atoms with Crippen LogP contribution in [0.25, 0.3) is 0 Å². The van der Waals surface area contributed by atoms with E-state index in [0.29, 0.717) is 5.56 Å². The molecule has 0 unspecified atom stereocenters. The molecule has 2 rings (SSSR count). The maximum absolute atomic E-state index is 11.8. The molecule has 0 bridgehead atoms. The average molecular weight is 377 g/mol. The SMILES string of the molecule is COC(=O)c1c(Br)cc(C)c(N2CCCC2)c1Br. The molecule has 0 aromatic heterocycles. The number of anilines is 1. The molecule has 1 fully saturated rings. The molecule has 0 saturated carbocycles. The van der Waals surface area contributed by atoms with Gasteiger partial charge in [0, 0.05) is 17.6 Å². The van der Waals surface area contributed by atoms with Gasteiger partial charge in [-0.2, -0.15) is 0 Å². The quantitative estimate of drug-likeness (QED) is 0.733. The summed E-state index contributed by atoms with van der Waals surface area (Å²) in [7, 11) is 1.40. The van der Waals surface area contributed by atoms with E-state index in [-0.39, 0.29) is 5.97 Å². The number of hydrogen-bond acceptors (Lipinski definition) is 3. The van der Waals surface area contributed by atoms with Crippen molar-refractivity contribution in [2.45, 2.75) is 19.8 Å². The fourth-order valence-corrected chi connectivity index (χ4v) is 4.25. The van der Waals surface area contributed by atoms with E-state index in [1.807, 2.05) is 6.07 Å². The van der Waals surface area contributed by atoms with Crippen molar-refractivity contribution in [3.8, 4) is 0 Å². The number of ether oxygens (including phenoxy) is 1. The number of carbonyl (C=O) groups excluding carboxylic acids is 1. The van der Waals surface area contributed by atoms with Gasteiger partial charge in [-0.1, -0.05) is 0 Å². The largest absolute Gasteiger partial charge is 0.465 e. The van der Waals surface area contributed by atoms with Crippen LogP contribution >= 0.6 is 31.9 Å². The van der Waals surface area contributed by atoms with Gasteiger partial charge < -0.3 is 9.64 Å². The zero-order chi connectivity index (χ0) is 13.3. The molecule has 0 amide bonds. The molecule has 0 N–H and O–H groups in total. The fourth-order valence-electron chi connectivity index (χ4n) is 2.35. The third-order valence-electron chi connectivity index (χ3n) is 3.19. The zero-order valence-electron chi connectivity index (χ0n) is 10.4. The van der Waals surface area contributed by atoms with Gasteiger partial charge in [-0.3, -0.25) is 0 Å². The number of esters is 1. The second kappa shape index (κ2) is 5.61. The Labute approximate surface area is 124 Å². The minimum absolute atomic E-state index is 0.325. The molecule has 5 heteroatoms. The number of rotatable bonds is 2. The standard InChI is InChI=1S/C13H15Br2NO2/c1-8-7-9(14)10(13(17)18-2)11(15)12(8)16-5-3-4-6-16/h7H,3-6H2,1-2H3. The number of carbonyl (C=O) groups is 1. The Morgan fingerprint density at radius 1 is 1.33 bits per heavy atom. The smallest absolute Gasteiger partial charge is 0.340 e. The predicted octanol–water partition coefficient (Wildman–Crippen LogP) is 3.91. The highest BCUT2D eigenvalue weighted by molar-refractivity contribution is 9.11. The van der Waals surface area contributed by atoms with Crippen LogP contribution in [0.15, 0.2) is 15.0 Å². The molecule has 0 spiro atoms. The molecule has 18 heavy (non-hydrogen) atoms. The highest BCUT2D eigenvalue weighted by atomic mass is 79.9. The summed E-state index contributed by atoms with van der Waals surface area (Å²) in [6.45, 7) is 4.15. The number of nitrogens with zero attached hydrogens (tertiary/aromatic N) is 1. The van der Waals surface area contributed by atoms with Crippen molar-refractivity contribution in [1.82, 2.24) is 0 Å². The molecule has 98 valence electrons. The summed E-state index contributed by atoms with van der Waals surface area (Å²) in [5.41, 5.74) is 2.82. The molecule has 1 heterocycles. The average Bonchev–Trinajstić information content (AvgIpc) is 2.81. The highest BCUT2D eigenvalue weighted by Crippen LogP contribution is 2.39. The summed E-state index contributed by atoms with van der Waals surface area (Å²) < 4.78 is 6.43. The minimum Gasteiger partial charge on any atom is -0.465 e. The molecule has 1 aliphatic rings. The van der Waals surface area contributed by atoms with Gasteiger partial charge in [-0.25, -0.2) is 4.79 Å². The van der Waals surface area contributed by atoms with Crippen molar-refractivity contribution in [3.05, 3.63) is 26.1 Å². The monoisotopic (exact) mass is 375 g/mol.